The fourth-order valence-corrected chi connectivity index (χ4v) is 1.70. The van der Waals surface area contributed by atoms with E-state index in [2.05, 4.69) is 10.6 Å². The van der Waals surface area contributed by atoms with Crippen LogP contribution < -0.4 is 15.4 Å². The number of aryl methyl sites for hydroxylation is 1. The first-order valence-corrected chi connectivity index (χ1v) is 6.98. The molecule has 0 saturated carbocycles. The molecule has 0 aliphatic rings. The maximum atomic E-state index is 11.5. The van der Waals surface area contributed by atoms with Gasteiger partial charge in [0.05, 0.1) is 13.0 Å². The first-order valence-electron chi connectivity index (χ1n) is 6.98. The second kappa shape index (κ2) is 8.84. The van der Waals surface area contributed by atoms with Gasteiger partial charge in [0.25, 0.3) is 0 Å². The van der Waals surface area contributed by atoms with E-state index >= 15 is 0 Å². The van der Waals surface area contributed by atoms with Gasteiger partial charge in [-0.25, -0.2) is 4.79 Å². The Morgan fingerprint density at radius 3 is 2.71 bits per heavy atom. The second-order valence-corrected chi connectivity index (χ2v) is 4.75. The quantitative estimate of drug-likeness (QED) is 0.683. The molecule has 0 spiro atoms. The molecule has 0 heterocycles. The van der Waals surface area contributed by atoms with Crippen LogP contribution >= 0.6 is 0 Å². The van der Waals surface area contributed by atoms with Gasteiger partial charge in [-0.05, 0) is 31.0 Å². The standard InChI is InChI=1S/C15H22N2O4/c1-3-12(21-13-6-4-5-11(2)9-13)10-17-15(20)16-8-7-14(18)19/h4-6,9,12H,3,7-8,10H2,1-2H3,(H,18,19)(H2,16,17,20). The Bertz CT molecular complexity index is 476. The fraction of sp³-hybridized carbons (Fsp3) is 0.467. The molecule has 0 fully saturated rings. The molecule has 1 rings (SSSR count). The minimum Gasteiger partial charge on any atom is -0.489 e. The number of aliphatic carboxylic acids is 1. The smallest absolute Gasteiger partial charge is 0.314 e. The van der Waals surface area contributed by atoms with E-state index < -0.39 is 5.97 Å². The monoisotopic (exact) mass is 294 g/mol. The topological polar surface area (TPSA) is 87.7 Å². The van der Waals surface area contributed by atoms with Crippen molar-refractivity contribution in [2.24, 2.45) is 0 Å². The van der Waals surface area contributed by atoms with Crippen molar-refractivity contribution in [1.29, 1.82) is 0 Å². The van der Waals surface area contributed by atoms with Crippen LogP contribution in [-0.4, -0.2) is 36.3 Å². The predicted octanol–water partition coefficient (Wildman–Crippen LogP) is 1.93. The number of benzene rings is 1. The maximum Gasteiger partial charge on any atom is 0.314 e. The highest BCUT2D eigenvalue weighted by Crippen LogP contribution is 2.15. The predicted molar refractivity (Wildman–Crippen MR) is 79.5 cm³/mol. The minimum absolute atomic E-state index is 0.0928. The van der Waals surface area contributed by atoms with Gasteiger partial charge in [-0.3, -0.25) is 4.79 Å². The van der Waals surface area contributed by atoms with Gasteiger partial charge in [0.2, 0.25) is 0 Å². The molecule has 0 aliphatic carbocycles. The number of ether oxygens (including phenoxy) is 1. The van der Waals surface area contributed by atoms with E-state index in [1.165, 1.54) is 0 Å². The molecule has 21 heavy (non-hydrogen) atoms. The number of carboxylic acids is 1. The number of carbonyl (C=O) groups excluding carboxylic acids is 1. The molecule has 0 aromatic heterocycles. The van der Waals surface area contributed by atoms with Gasteiger partial charge in [-0.2, -0.15) is 0 Å². The summed E-state index contributed by atoms with van der Waals surface area (Å²) in [5.74, 6) is -0.167. The summed E-state index contributed by atoms with van der Waals surface area (Å²) in [7, 11) is 0. The van der Waals surface area contributed by atoms with Crippen molar-refractivity contribution in [3.8, 4) is 5.75 Å². The summed E-state index contributed by atoms with van der Waals surface area (Å²) in [4.78, 5) is 21.8. The number of amides is 2. The van der Waals surface area contributed by atoms with Gasteiger partial charge >= 0.3 is 12.0 Å². The summed E-state index contributed by atoms with van der Waals surface area (Å²) in [6.07, 6.45) is 0.533. The summed E-state index contributed by atoms with van der Waals surface area (Å²) < 4.78 is 5.80. The lowest BCUT2D eigenvalue weighted by molar-refractivity contribution is -0.136. The van der Waals surface area contributed by atoms with E-state index in [1.54, 1.807) is 0 Å². The van der Waals surface area contributed by atoms with Gasteiger partial charge < -0.3 is 20.5 Å². The first-order chi connectivity index (χ1) is 10.0. The van der Waals surface area contributed by atoms with E-state index in [9.17, 15) is 9.59 Å². The summed E-state index contributed by atoms with van der Waals surface area (Å²) in [5, 5.41) is 13.6. The lowest BCUT2D eigenvalue weighted by atomic mass is 10.2. The number of urea groups is 1. The molecule has 0 bridgehead atoms. The Hall–Kier alpha value is -2.24. The number of carboxylic acid groups (broad SMARTS) is 1. The summed E-state index contributed by atoms with van der Waals surface area (Å²) >= 11 is 0. The molecule has 2 amide bonds. The van der Waals surface area contributed by atoms with Crippen molar-refractivity contribution >= 4 is 12.0 Å². The second-order valence-electron chi connectivity index (χ2n) is 4.75. The SMILES string of the molecule is CCC(CNC(=O)NCCC(=O)O)Oc1cccc(C)c1. The van der Waals surface area contributed by atoms with Crippen LogP contribution in [0.2, 0.25) is 0 Å². The average molecular weight is 294 g/mol. The molecular formula is C15H22N2O4. The zero-order valence-electron chi connectivity index (χ0n) is 12.4. The lowest BCUT2D eigenvalue weighted by Crippen LogP contribution is -2.41. The molecule has 116 valence electrons. The molecule has 1 unspecified atom stereocenters. The normalized spacial score (nSPS) is 11.5. The molecule has 6 nitrogen and oxygen atoms in total. The van der Waals surface area contributed by atoms with Crippen LogP contribution in [0.3, 0.4) is 0 Å². The third-order valence-corrected chi connectivity index (χ3v) is 2.86. The van der Waals surface area contributed by atoms with E-state index in [-0.39, 0.29) is 25.1 Å². The molecule has 0 saturated heterocycles. The van der Waals surface area contributed by atoms with E-state index in [0.29, 0.717) is 6.54 Å². The van der Waals surface area contributed by atoms with Crippen LogP contribution in [0, 0.1) is 6.92 Å². The Kier molecular flexibility index (Phi) is 7.08. The summed E-state index contributed by atoms with van der Waals surface area (Å²) in [6, 6.07) is 7.34. The van der Waals surface area contributed by atoms with Gasteiger partial charge in [-0.1, -0.05) is 19.1 Å². The highest BCUT2D eigenvalue weighted by Gasteiger charge is 2.10. The zero-order chi connectivity index (χ0) is 15.7. The molecular weight excluding hydrogens is 272 g/mol. The van der Waals surface area contributed by atoms with Gasteiger partial charge in [0.15, 0.2) is 0 Å². The van der Waals surface area contributed by atoms with Crippen LogP contribution in [0.15, 0.2) is 24.3 Å². The lowest BCUT2D eigenvalue weighted by Gasteiger charge is -2.18. The molecule has 0 aliphatic heterocycles. The average Bonchev–Trinajstić information content (AvgIpc) is 2.43. The molecule has 1 aromatic carbocycles. The summed E-state index contributed by atoms with van der Waals surface area (Å²) in [5.41, 5.74) is 1.11. The van der Waals surface area contributed by atoms with Gasteiger partial charge in [0, 0.05) is 6.54 Å². The van der Waals surface area contributed by atoms with Crippen molar-refractivity contribution in [2.75, 3.05) is 13.1 Å². The number of hydrogen-bond acceptors (Lipinski definition) is 3. The summed E-state index contributed by atoms with van der Waals surface area (Å²) in [6.45, 7) is 4.44. The van der Waals surface area contributed by atoms with Crippen LogP contribution in [0.4, 0.5) is 4.79 Å². The minimum atomic E-state index is -0.940. The Morgan fingerprint density at radius 1 is 1.33 bits per heavy atom. The van der Waals surface area contributed by atoms with E-state index in [4.69, 9.17) is 9.84 Å². The van der Waals surface area contributed by atoms with Crippen LogP contribution in [0.25, 0.3) is 0 Å². The highest BCUT2D eigenvalue weighted by atomic mass is 16.5. The highest BCUT2D eigenvalue weighted by molar-refractivity contribution is 5.74. The number of rotatable bonds is 8. The van der Waals surface area contributed by atoms with Crippen molar-refractivity contribution in [3.63, 3.8) is 0 Å². The first kappa shape index (κ1) is 16.8. The van der Waals surface area contributed by atoms with Gasteiger partial charge in [0.1, 0.15) is 11.9 Å². The van der Waals surface area contributed by atoms with Crippen LogP contribution in [0.5, 0.6) is 5.75 Å². The zero-order valence-corrected chi connectivity index (χ0v) is 12.4. The number of carbonyl (C=O) groups is 2. The maximum absolute atomic E-state index is 11.5. The van der Waals surface area contributed by atoms with Crippen LogP contribution in [0.1, 0.15) is 25.3 Å². The Labute approximate surface area is 124 Å². The van der Waals surface area contributed by atoms with Crippen molar-refractivity contribution < 1.29 is 19.4 Å². The Morgan fingerprint density at radius 2 is 2.10 bits per heavy atom. The fourth-order valence-electron chi connectivity index (χ4n) is 1.70. The number of hydrogen-bond donors (Lipinski definition) is 3. The largest absolute Gasteiger partial charge is 0.489 e. The van der Waals surface area contributed by atoms with E-state index in [1.807, 2.05) is 38.1 Å². The molecule has 1 atom stereocenters. The molecule has 3 N–H and O–H groups in total. The molecule has 1 aromatic rings. The third-order valence-electron chi connectivity index (χ3n) is 2.86. The molecule has 0 radical (unpaired) electrons. The Balaban J connectivity index is 2.33. The van der Waals surface area contributed by atoms with Crippen LogP contribution in [-0.2, 0) is 4.79 Å². The van der Waals surface area contributed by atoms with Crippen molar-refractivity contribution in [2.45, 2.75) is 32.8 Å². The van der Waals surface area contributed by atoms with Crippen molar-refractivity contribution in [1.82, 2.24) is 10.6 Å². The molecule has 6 heteroatoms. The van der Waals surface area contributed by atoms with E-state index in [0.717, 1.165) is 17.7 Å². The third kappa shape index (κ3) is 7.20. The van der Waals surface area contributed by atoms with Crippen molar-refractivity contribution in [3.05, 3.63) is 29.8 Å². The number of nitrogens with one attached hydrogen (secondary N) is 2. The van der Waals surface area contributed by atoms with Gasteiger partial charge in [-0.15, -0.1) is 0 Å².